The maximum Gasteiger partial charge on any atom is 0.255 e. The van der Waals surface area contributed by atoms with Gasteiger partial charge in [0.25, 0.3) is 5.91 Å². The van der Waals surface area contributed by atoms with Crippen LogP contribution < -0.4 is 15.4 Å². The molecule has 0 bridgehead atoms. The standard InChI is InChI=1S/C26H25BrN2O4/c27-23-15-19(11-12-24(23)33-17-22-10-5-13-32-22)26(31)29-21-9-4-8-20(16-21)28-25(30)14-18-6-2-1-3-7-18/h1-4,6-9,11-12,15-16,22H,5,10,13-14,17H2,(H,28,30)(H,29,31). The van der Waals surface area contributed by atoms with Crippen molar-refractivity contribution in [3.8, 4) is 5.75 Å². The predicted molar refractivity (Wildman–Crippen MR) is 132 cm³/mol. The van der Waals surface area contributed by atoms with Crippen molar-refractivity contribution in [3.05, 3.63) is 88.4 Å². The molecule has 0 aromatic heterocycles. The molecule has 33 heavy (non-hydrogen) atoms. The number of benzene rings is 3. The first-order chi connectivity index (χ1) is 16.1. The lowest BCUT2D eigenvalue weighted by molar-refractivity contribution is -0.115. The highest BCUT2D eigenvalue weighted by molar-refractivity contribution is 9.10. The van der Waals surface area contributed by atoms with E-state index < -0.39 is 0 Å². The van der Waals surface area contributed by atoms with Crippen LogP contribution in [0.1, 0.15) is 28.8 Å². The lowest BCUT2D eigenvalue weighted by Crippen LogP contribution is -2.17. The zero-order chi connectivity index (χ0) is 23.0. The topological polar surface area (TPSA) is 76.7 Å². The normalized spacial score (nSPS) is 15.1. The minimum atomic E-state index is -0.255. The number of hydrogen-bond donors (Lipinski definition) is 2. The monoisotopic (exact) mass is 508 g/mol. The van der Waals surface area contributed by atoms with Crippen LogP contribution in [0.5, 0.6) is 5.75 Å². The third-order valence-corrected chi connectivity index (χ3v) is 5.87. The molecule has 1 fully saturated rings. The van der Waals surface area contributed by atoms with Crippen LogP contribution in [0.3, 0.4) is 0 Å². The second kappa shape index (κ2) is 11.1. The predicted octanol–water partition coefficient (Wildman–Crippen LogP) is 5.44. The molecule has 6 nitrogen and oxygen atoms in total. The van der Waals surface area contributed by atoms with Gasteiger partial charge in [-0.25, -0.2) is 0 Å². The van der Waals surface area contributed by atoms with Crippen molar-refractivity contribution in [2.75, 3.05) is 23.8 Å². The minimum Gasteiger partial charge on any atom is -0.490 e. The Bertz CT molecular complexity index is 1110. The summed E-state index contributed by atoms with van der Waals surface area (Å²) in [5.41, 5.74) is 2.64. The zero-order valence-electron chi connectivity index (χ0n) is 18.1. The van der Waals surface area contributed by atoms with Gasteiger partial charge in [-0.1, -0.05) is 36.4 Å². The summed E-state index contributed by atoms with van der Waals surface area (Å²) in [5.74, 6) is 0.298. The SMILES string of the molecule is O=C(Cc1ccccc1)Nc1cccc(NC(=O)c2ccc(OCC3CCCO3)c(Br)c2)c1. The smallest absolute Gasteiger partial charge is 0.255 e. The first kappa shape index (κ1) is 23.0. The van der Waals surface area contributed by atoms with Crippen molar-refractivity contribution < 1.29 is 19.1 Å². The maximum atomic E-state index is 12.7. The fourth-order valence-corrected chi connectivity index (χ4v) is 4.08. The van der Waals surface area contributed by atoms with Crippen LogP contribution in [0.15, 0.2) is 77.3 Å². The fourth-order valence-electron chi connectivity index (χ4n) is 3.58. The molecule has 0 spiro atoms. The summed E-state index contributed by atoms with van der Waals surface area (Å²) in [6, 6.07) is 21.8. The number of rotatable bonds is 8. The van der Waals surface area contributed by atoms with Gasteiger partial charge in [0.15, 0.2) is 0 Å². The molecule has 2 N–H and O–H groups in total. The van der Waals surface area contributed by atoms with Crippen LogP contribution in [0.4, 0.5) is 11.4 Å². The van der Waals surface area contributed by atoms with E-state index in [4.69, 9.17) is 9.47 Å². The van der Waals surface area contributed by atoms with Crippen LogP contribution >= 0.6 is 15.9 Å². The van der Waals surface area contributed by atoms with E-state index in [2.05, 4.69) is 26.6 Å². The van der Waals surface area contributed by atoms with E-state index in [1.807, 2.05) is 30.3 Å². The largest absolute Gasteiger partial charge is 0.490 e. The summed E-state index contributed by atoms with van der Waals surface area (Å²) in [4.78, 5) is 25.1. The van der Waals surface area contributed by atoms with E-state index in [1.54, 1.807) is 42.5 Å². The molecular formula is C26H25BrN2O4. The summed E-state index contributed by atoms with van der Waals surface area (Å²) in [6.07, 6.45) is 2.48. The number of anilines is 2. The van der Waals surface area contributed by atoms with E-state index in [0.717, 1.165) is 25.0 Å². The maximum absolute atomic E-state index is 12.7. The Labute approximate surface area is 201 Å². The summed E-state index contributed by atoms with van der Waals surface area (Å²) < 4.78 is 12.1. The highest BCUT2D eigenvalue weighted by Gasteiger charge is 2.17. The van der Waals surface area contributed by atoms with Crippen LogP contribution in [-0.4, -0.2) is 31.1 Å². The Hall–Kier alpha value is -3.16. The summed E-state index contributed by atoms with van der Waals surface area (Å²) in [5, 5.41) is 5.75. The van der Waals surface area contributed by atoms with Crippen LogP contribution in [0.2, 0.25) is 0 Å². The molecule has 2 amide bonds. The molecule has 7 heteroatoms. The summed E-state index contributed by atoms with van der Waals surface area (Å²) >= 11 is 3.48. The average molecular weight is 509 g/mol. The molecule has 3 aromatic rings. The first-order valence-electron chi connectivity index (χ1n) is 10.9. The lowest BCUT2D eigenvalue weighted by Gasteiger charge is -2.13. The Morgan fingerprint density at radius 1 is 0.970 bits per heavy atom. The van der Waals surface area contributed by atoms with E-state index in [0.29, 0.717) is 33.8 Å². The Morgan fingerprint density at radius 3 is 2.48 bits per heavy atom. The molecule has 1 aliphatic rings. The average Bonchev–Trinajstić information content (AvgIpc) is 3.33. The molecule has 0 saturated carbocycles. The lowest BCUT2D eigenvalue weighted by atomic mass is 10.1. The van der Waals surface area contributed by atoms with E-state index in [1.165, 1.54) is 0 Å². The number of halogens is 1. The highest BCUT2D eigenvalue weighted by Crippen LogP contribution is 2.27. The molecule has 3 aromatic carbocycles. The van der Waals surface area contributed by atoms with Crippen molar-refractivity contribution in [2.24, 2.45) is 0 Å². The number of carbonyl (C=O) groups is 2. The van der Waals surface area contributed by atoms with Gasteiger partial charge in [-0.3, -0.25) is 9.59 Å². The Balaban J connectivity index is 1.34. The zero-order valence-corrected chi connectivity index (χ0v) is 19.6. The van der Waals surface area contributed by atoms with E-state index in [9.17, 15) is 9.59 Å². The van der Waals surface area contributed by atoms with E-state index >= 15 is 0 Å². The Morgan fingerprint density at radius 2 is 1.76 bits per heavy atom. The molecular weight excluding hydrogens is 484 g/mol. The quantitative estimate of drug-likeness (QED) is 0.424. The van der Waals surface area contributed by atoms with Crippen LogP contribution in [0, 0.1) is 0 Å². The number of nitrogens with one attached hydrogen (secondary N) is 2. The van der Waals surface area contributed by atoms with Gasteiger partial charge in [-0.2, -0.15) is 0 Å². The molecule has 1 saturated heterocycles. The molecule has 1 atom stereocenters. The molecule has 1 heterocycles. The second-order valence-electron chi connectivity index (χ2n) is 7.84. The van der Waals surface area contributed by atoms with Crippen molar-refractivity contribution in [1.82, 2.24) is 0 Å². The van der Waals surface area contributed by atoms with Gasteiger partial charge in [0.05, 0.1) is 17.0 Å². The minimum absolute atomic E-state index is 0.118. The van der Waals surface area contributed by atoms with Crippen LogP contribution in [0.25, 0.3) is 0 Å². The van der Waals surface area contributed by atoms with Gasteiger partial charge in [0, 0.05) is 23.5 Å². The van der Waals surface area contributed by atoms with Gasteiger partial charge >= 0.3 is 0 Å². The molecule has 0 aliphatic carbocycles. The number of amides is 2. The van der Waals surface area contributed by atoms with Gasteiger partial charge < -0.3 is 20.1 Å². The second-order valence-corrected chi connectivity index (χ2v) is 8.69. The van der Waals surface area contributed by atoms with Crippen molar-refractivity contribution in [3.63, 3.8) is 0 Å². The fraction of sp³-hybridized carbons (Fsp3) is 0.231. The van der Waals surface area contributed by atoms with Crippen molar-refractivity contribution in [1.29, 1.82) is 0 Å². The third kappa shape index (κ3) is 6.66. The third-order valence-electron chi connectivity index (χ3n) is 5.25. The molecule has 4 rings (SSSR count). The first-order valence-corrected chi connectivity index (χ1v) is 11.7. The summed E-state index contributed by atoms with van der Waals surface area (Å²) in [7, 11) is 0. The summed E-state index contributed by atoms with van der Waals surface area (Å²) in [6.45, 7) is 1.28. The highest BCUT2D eigenvalue weighted by atomic mass is 79.9. The van der Waals surface area contributed by atoms with Gasteiger partial charge in [0.1, 0.15) is 12.4 Å². The number of hydrogen-bond acceptors (Lipinski definition) is 4. The van der Waals surface area contributed by atoms with Gasteiger partial charge in [0.2, 0.25) is 5.91 Å². The van der Waals surface area contributed by atoms with Crippen molar-refractivity contribution in [2.45, 2.75) is 25.4 Å². The molecule has 170 valence electrons. The van der Waals surface area contributed by atoms with Crippen LogP contribution in [-0.2, 0) is 16.0 Å². The molecule has 1 aliphatic heterocycles. The van der Waals surface area contributed by atoms with E-state index in [-0.39, 0.29) is 24.3 Å². The number of carbonyl (C=O) groups excluding carboxylic acids is 2. The molecule has 1 unspecified atom stereocenters. The molecule has 0 radical (unpaired) electrons. The number of ether oxygens (including phenoxy) is 2. The van der Waals surface area contributed by atoms with Gasteiger partial charge in [-0.15, -0.1) is 0 Å². The van der Waals surface area contributed by atoms with Gasteiger partial charge in [-0.05, 0) is 70.7 Å². The Kier molecular flexibility index (Phi) is 7.75. The van der Waals surface area contributed by atoms with Crippen molar-refractivity contribution >= 4 is 39.1 Å².